The molecule has 1 saturated heterocycles. The van der Waals surface area contributed by atoms with E-state index >= 15 is 0 Å². The van der Waals surface area contributed by atoms with Crippen molar-refractivity contribution in [2.75, 3.05) is 32.8 Å². The monoisotopic (exact) mass is 289 g/mol. The number of benzene rings is 1. The molecule has 0 radical (unpaired) electrons. The van der Waals surface area contributed by atoms with Crippen molar-refractivity contribution in [3.63, 3.8) is 0 Å². The van der Waals surface area contributed by atoms with Crippen LogP contribution < -0.4 is 10.1 Å². The molecular formula is C17H27N3O. The Hall–Kier alpha value is -1.71. The lowest BCUT2D eigenvalue weighted by Gasteiger charge is -2.21. The number of guanidine groups is 1. The Balaban J connectivity index is 1.74. The zero-order chi connectivity index (χ0) is 14.8. The van der Waals surface area contributed by atoms with E-state index in [1.807, 2.05) is 30.3 Å². The standard InChI is InChI=1S/C17H27N3O/c1-2-3-11-18-17(20-13-7-8-14-20)19-12-15-21-16-9-5-4-6-10-16/h4-6,9-10H,2-3,7-8,11-15H2,1H3,(H,18,19). The van der Waals surface area contributed by atoms with Crippen molar-refractivity contribution in [3.8, 4) is 5.75 Å². The molecule has 0 amide bonds. The maximum Gasteiger partial charge on any atom is 0.194 e. The maximum absolute atomic E-state index is 5.71. The minimum Gasteiger partial charge on any atom is -0.492 e. The normalized spacial score (nSPS) is 15.3. The van der Waals surface area contributed by atoms with Crippen molar-refractivity contribution in [2.24, 2.45) is 4.99 Å². The molecule has 1 fully saturated rings. The average Bonchev–Trinajstić information content (AvgIpc) is 3.05. The molecule has 1 aliphatic rings. The Morgan fingerprint density at radius 3 is 2.71 bits per heavy atom. The molecule has 0 bridgehead atoms. The summed E-state index contributed by atoms with van der Waals surface area (Å²) in [6, 6.07) is 9.94. The summed E-state index contributed by atoms with van der Waals surface area (Å²) >= 11 is 0. The molecule has 0 spiro atoms. The van der Waals surface area contributed by atoms with Gasteiger partial charge in [-0.05, 0) is 31.4 Å². The largest absolute Gasteiger partial charge is 0.492 e. The van der Waals surface area contributed by atoms with Crippen molar-refractivity contribution >= 4 is 5.96 Å². The molecule has 0 aliphatic carbocycles. The van der Waals surface area contributed by atoms with Gasteiger partial charge in [0, 0.05) is 19.6 Å². The van der Waals surface area contributed by atoms with Gasteiger partial charge in [-0.25, -0.2) is 0 Å². The van der Waals surface area contributed by atoms with Gasteiger partial charge in [0.1, 0.15) is 12.4 Å². The van der Waals surface area contributed by atoms with Crippen LogP contribution in [0.1, 0.15) is 32.6 Å². The fraction of sp³-hybridized carbons (Fsp3) is 0.588. The Kier molecular flexibility index (Phi) is 6.92. The number of para-hydroxylation sites is 1. The lowest BCUT2D eigenvalue weighted by atomic mass is 10.3. The first-order valence-corrected chi connectivity index (χ1v) is 8.11. The smallest absolute Gasteiger partial charge is 0.194 e. The summed E-state index contributed by atoms with van der Waals surface area (Å²) in [4.78, 5) is 7.08. The van der Waals surface area contributed by atoms with Crippen LogP contribution >= 0.6 is 0 Å². The first-order valence-electron chi connectivity index (χ1n) is 8.11. The van der Waals surface area contributed by atoms with Crippen LogP contribution in [0.3, 0.4) is 0 Å². The van der Waals surface area contributed by atoms with Crippen LogP contribution in [-0.4, -0.2) is 43.6 Å². The molecular weight excluding hydrogens is 262 g/mol. The number of nitrogens with one attached hydrogen (secondary N) is 1. The van der Waals surface area contributed by atoms with Gasteiger partial charge in [-0.2, -0.15) is 0 Å². The second-order valence-corrected chi connectivity index (χ2v) is 5.34. The molecule has 1 aromatic carbocycles. The molecule has 4 heteroatoms. The predicted molar refractivity (Wildman–Crippen MR) is 88.0 cm³/mol. The molecule has 0 aromatic heterocycles. The van der Waals surface area contributed by atoms with Gasteiger partial charge in [-0.15, -0.1) is 0 Å². The zero-order valence-corrected chi connectivity index (χ0v) is 13.1. The highest BCUT2D eigenvalue weighted by molar-refractivity contribution is 5.80. The molecule has 0 unspecified atom stereocenters. The van der Waals surface area contributed by atoms with Gasteiger partial charge >= 0.3 is 0 Å². The topological polar surface area (TPSA) is 36.9 Å². The first-order chi connectivity index (χ1) is 10.4. The molecule has 1 aliphatic heterocycles. The molecule has 0 saturated carbocycles. The fourth-order valence-electron chi connectivity index (χ4n) is 2.39. The molecule has 116 valence electrons. The highest BCUT2D eigenvalue weighted by Crippen LogP contribution is 2.09. The van der Waals surface area contributed by atoms with E-state index in [4.69, 9.17) is 9.73 Å². The second-order valence-electron chi connectivity index (χ2n) is 5.34. The van der Waals surface area contributed by atoms with Crippen molar-refractivity contribution in [3.05, 3.63) is 30.3 Å². The summed E-state index contributed by atoms with van der Waals surface area (Å²) in [6.07, 6.45) is 4.89. The number of unbranched alkanes of at least 4 members (excludes halogenated alkanes) is 1. The van der Waals surface area contributed by atoms with E-state index in [1.165, 1.54) is 19.3 Å². The molecule has 1 heterocycles. The lowest BCUT2D eigenvalue weighted by Crippen LogP contribution is -2.41. The Labute approximate surface area is 128 Å². The van der Waals surface area contributed by atoms with Gasteiger partial charge < -0.3 is 15.0 Å². The summed E-state index contributed by atoms with van der Waals surface area (Å²) in [5.41, 5.74) is 0. The summed E-state index contributed by atoms with van der Waals surface area (Å²) in [5, 5.41) is 3.44. The summed E-state index contributed by atoms with van der Waals surface area (Å²) in [5.74, 6) is 1.97. The van der Waals surface area contributed by atoms with Gasteiger partial charge in [-0.1, -0.05) is 31.5 Å². The SMILES string of the molecule is CCCCN=C(NCCOc1ccccc1)N1CCCC1. The van der Waals surface area contributed by atoms with Gasteiger partial charge in [0.05, 0.1) is 6.54 Å². The molecule has 0 atom stereocenters. The van der Waals surface area contributed by atoms with E-state index in [1.54, 1.807) is 0 Å². The van der Waals surface area contributed by atoms with Crippen LogP contribution in [0.25, 0.3) is 0 Å². The van der Waals surface area contributed by atoms with E-state index in [-0.39, 0.29) is 0 Å². The number of aliphatic imine (C=N–C) groups is 1. The number of likely N-dealkylation sites (tertiary alicyclic amines) is 1. The van der Waals surface area contributed by atoms with Crippen LogP contribution in [0.4, 0.5) is 0 Å². The summed E-state index contributed by atoms with van der Waals surface area (Å²) in [6.45, 7) is 6.80. The molecule has 1 N–H and O–H groups in total. The average molecular weight is 289 g/mol. The number of hydrogen-bond donors (Lipinski definition) is 1. The second kappa shape index (κ2) is 9.27. The molecule has 2 rings (SSSR count). The number of hydrogen-bond acceptors (Lipinski definition) is 2. The van der Waals surface area contributed by atoms with Crippen LogP contribution in [0, 0.1) is 0 Å². The Morgan fingerprint density at radius 1 is 1.24 bits per heavy atom. The minimum atomic E-state index is 0.657. The van der Waals surface area contributed by atoms with E-state index in [0.29, 0.717) is 6.61 Å². The van der Waals surface area contributed by atoms with Crippen molar-refractivity contribution in [2.45, 2.75) is 32.6 Å². The van der Waals surface area contributed by atoms with E-state index in [2.05, 4.69) is 17.1 Å². The maximum atomic E-state index is 5.71. The van der Waals surface area contributed by atoms with Crippen LogP contribution in [0.5, 0.6) is 5.75 Å². The minimum absolute atomic E-state index is 0.657. The van der Waals surface area contributed by atoms with Crippen LogP contribution in [0.2, 0.25) is 0 Å². The van der Waals surface area contributed by atoms with Crippen molar-refractivity contribution in [1.82, 2.24) is 10.2 Å². The highest BCUT2D eigenvalue weighted by atomic mass is 16.5. The highest BCUT2D eigenvalue weighted by Gasteiger charge is 2.15. The third-order valence-electron chi connectivity index (χ3n) is 3.58. The molecule has 1 aromatic rings. The van der Waals surface area contributed by atoms with Gasteiger partial charge in [-0.3, -0.25) is 4.99 Å². The number of rotatable bonds is 7. The fourth-order valence-corrected chi connectivity index (χ4v) is 2.39. The van der Waals surface area contributed by atoms with E-state index in [0.717, 1.165) is 44.3 Å². The summed E-state index contributed by atoms with van der Waals surface area (Å²) in [7, 11) is 0. The zero-order valence-electron chi connectivity index (χ0n) is 13.1. The number of nitrogens with zero attached hydrogens (tertiary/aromatic N) is 2. The molecule has 4 nitrogen and oxygen atoms in total. The molecule has 21 heavy (non-hydrogen) atoms. The van der Waals surface area contributed by atoms with E-state index < -0.39 is 0 Å². The Morgan fingerprint density at radius 2 is 2.00 bits per heavy atom. The first kappa shape index (κ1) is 15.7. The lowest BCUT2D eigenvalue weighted by molar-refractivity contribution is 0.319. The van der Waals surface area contributed by atoms with E-state index in [9.17, 15) is 0 Å². The number of ether oxygens (including phenoxy) is 1. The van der Waals surface area contributed by atoms with Gasteiger partial charge in [0.15, 0.2) is 5.96 Å². The van der Waals surface area contributed by atoms with Gasteiger partial charge in [0.2, 0.25) is 0 Å². The van der Waals surface area contributed by atoms with Crippen molar-refractivity contribution in [1.29, 1.82) is 0 Å². The van der Waals surface area contributed by atoms with Crippen molar-refractivity contribution < 1.29 is 4.74 Å². The van der Waals surface area contributed by atoms with Crippen LogP contribution in [-0.2, 0) is 0 Å². The predicted octanol–water partition coefficient (Wildman–Crippen LogP) is 2.91. The third kappa shape index (κ3) is 5.66. The third-order valence-corrected chi connectivity index (χ3v) is 3.58. The van der Waals surface area contributed by atoms with Gasteiger partial charge in [0.25, 0.3) is 0 Å². The summed E-state index contributed by atoms with van der Waals surface area (Å²) < 4.78 is 5.71. The quantitative estimate of drug-likeness (QED) is 0.476. The van der Waals surface area contributed by atoms with Crippen LogP contribution in [0.15, 0.2) is 35.3 Å². The Bertz CT molecular complexity index is 413.